The van der Waals surface area contributed by atoms with Gasteiger partial charge in [0.25, 0.3) is 0 Å². The predicted molar refractivity (Wildman–Crippen MR) is 41.6 cm³/mol. The first-order chi connectivity index (χ1) is 5.56. The number of carbonyl (C=O) groups is 2. The van der Waals surface area contributed by atoms with Gasteiger partial charge in [0.15, 0.2) is 0 Å². The molecule has 0 saturated heterocycles. The van der Waals surface area contributed by atoms with Crippen molar-refractivity contribution in [2.75, 3.05) is 13.7 Å². The number of esters is 1. The lowest BCUT2D eigenvalue weighted by atomic mass is 10.4. The monoisotopic (exact) mass is 175 g/mol. The van der Waals surface area contributed by atoms with Crippen LogP contribution in [0.3, 0.4) is 0 Å². The van der Waals surface area contributed by atoms with E-state index in [-0.39, 0.29) is 12.6 Å². The fourth-order valence-electron chi connectivity index (χ4n) is 0.510. The molecule has 0 bridgehead atoms. The van der Waals surface area contributed by atoms with Gasteiger partial charge in [-0.2, -0.15) is 0 Å². The van der Waals surface area contributed by atoms with E-state index in [0.29, 0.717) is 0 Å². The second kappa shape index (κ2) is 5.40. The highest BCUT2D eigenvalue weighted by molar-refractivity contribution is 5.67. The van der Waals surface area contributed by atoms with Gasteiger partial charge < -0.3 is 14.8 Å². The van der Waals surface area contributed by atoms with Crippen LogP contribution in [0.2, 0.25) is 0 Å². The lowest BCUT2D eigenvalue weighted by Gasteiger charge is -2.11. The molecule has 1 unspecified atom stereocenters. The van der Waals surface area contributed by atoms with Crippen LogP contribution >= 0.6 is 0 Å². The SMILES string of the molecule is CNC(=O)OC(C)COC(C)=O. The lowest BCUT2D eigenvalue weighted by molar-refractivity contribution is -0.143. The number of amides is 1. The Morgan fingerprint density at radius 3 is 2.50 bits per heavy atom. The van der Waals surface area contributed by atoms with Crippen LogP contribution in [0.15, 0.2) is 0 Å². The number of ether oxygens (including phenoxy) is 2. The number of rotatable bonds is 3. The Balaban J connectivity index is 3.52. The van der Waals surface area contributed by atoms with Crippen molar-refractivity contribution in [3.05, 3.63) is 0 Å². The van der Waals surface area contributed by atoms with Gasteiger partial charge in [-0.15, -0.1) is 0 Å². The standard InChI is InChI=1S/C7H13NO4/c1-5(4-11-6(2)9)12-7(10)8-3/h5H,4H2,1-3H3,(H,8,10). The zero-order valence-electron chi connectivity index (χ0n) is 7.42. The van der Waals surface area contributed by atoms with Crippen molar-refractivity contribution in [1.29, 1.82) is 0 Å². The number of carbonyl (C=O) groups excluding carboxylic acids is 2. The quantitative estimate of drug-likeness (QED) is 0.626. The fourth-order valence-corrected chi connectivity index (χ4v) is 0.510. The maximum Gasteiger partial charge on any atom is 0.407 e. The molecule has 0 aliphatic carbocycles. The second-order valence-electron chi connectivity index (χ2n) is 2.27. The Morgan fingerprint density at radius 2 is 2.08 bits per heavy atom. The summed E-state index contributed by atoms with van der Waals surface area (Å²) in [7, 11) is 1.46. The summed E-state index contributed by atoms with van der Waals surface area (Å²) in [6.07, 6.45) is -0.955. The van der Waals surface area contributed by atoms with Gasteiger partial charge in [-0.05, 0) is 6.92 Å². The molecule has 5 heteroatoms. The smallest absolute Gasteiger partial charge is 0.407 e. The molecule has 0 saturated carbocycles. The van der Waals surface area contributed by atoms with Crippen LogP contribution < -0.4 is 5.32 Å². The molecule has 1 amide bonds. The largest absolute Gasteiger partial charge is 0.462 e. The third-order valence-corrected chi connectivity index (χ3v) is 1.03. The Kier molecular flexibility index (Phi) is 4.83. The number of alkyl carbamates (subject to hydrolysis) is 1. The van der Waals surface area contributed by atoms with Gasteiger partial charge in [-0.25, -0.2) is 4.79 Å². The number of hydrogen-bond donors (Lipinski definition) is 1. The predicted octanol–water partition coefficient (Wildman–Crippen LogP) is 0.294. The molecule has 0 aromatic heterocycles. The van der Waals surface area contributed by atoms with Gasteiger partial charge in [0.05, 0.1) is 0 Å². The highest BCUT2D eigenvalue weighted by Gasteiger charge is 2.08. The summed E-state index contributed by atoms with van der Waals surface area (Å²) in [5, 5.41) is 2.28. The minimum Gasteiger partial charge on any atom is -0.462 e. The second-order valence-corrected chi connectivity index (χ2v) is 2.27. The molecule has 0 spiro atoms. The molecular formula is C7H13NO4. The van der Waals surface area contributed by atoms with Crippen molar-refractivity contribution in [2.24, 2.45) is 0 Å². The molecule has 0 radical (unpaired) electrons. The molecule has 0 aromatic carbocycles. The molecule has 70 valence electrons. The first kappa shape index (κ1) is 10.7. The van der Waals surface area contributed by atoms with E-state index in [1.807, 2.05) is 0 Å². The van der Waals surface area contributed by atoms with Crippen LogP contribution in [0.5, 0.6) is 0 Å². The van der Waals surface area contributed by atoms with E-state index in [4.69, 9.17) is 4.74 Å². The Bertz CT molecular complexity index is 169. The van der Waals surface area contributed by atoms with E-state index in [0.717, 1.165) is 0 Å². The van der Waals surface area contributed by atoms with E-state index in [9.17, 15) is 9.59 Å². The number of nitrogens with one attached hydrogen (secondary N) is 1. The van der Waals surface area contributed by atoms with Crippen LogP contribution in [0, 0.1) is 0 Å². The minimum atomic E-state index is -0.533. The molecule has 0 rings (SSSR count). The molecule has 1 atom stereocenters. The molecular weight excluding hydrogens is 162 g/mol. The molecule has 1 N–H and O–H groups in total. The minimum absolute atomic E-state index is 0.0861. The van der Waals surface area contributed by atoms with Crippen molar-refractivity contribution in [1.82, 2.24) is 5.32 Å². The first-order valence-electron chi connectivity index (χ1n) is 3.58. The van der Waals surface area contributed by atoms with Crippen molar-refractivity contribution < 1.29 is 19.1 Å². The highest BCUT2D eigenvalue weighted by atomic mass is 16.6. The van der Waals surface area contributed by atoms with Gasteiger partial charge in [0, 0.05) is 14.0 Å². The van der Waals surface area contributed by atoms with Gasteiger partial charge in [-0.1, -0.05) is 0 Å². The van der Waals surface area contributed by atoms with E-state index in [1.54, 1.807) is 6.92 Å². The average Bonchev–Trinajstić information content (AvgIpc) is 2.00. The first-order valence-corrected chi connectivity index (χ1v) is 3.58. The van der Waals surface area contributed by atoms with Crippen LogP contribution in [0.25, 0.3) is 0 Å². The molecule has 5 nitrogen and oxygen atoms in total. The Hall–Kier alpha value is -1.26. The van der Waals surface area contributed by atoms with Gasteiger partial charge in [0.2, 0.25) is 0 Å². The summed E-state index contributed by atoms with van der Waals surface area (Å²) >= 11 is 0. The Morgan fingerprint density at radius 1 is 1.50 bits per heavy atom. The Labute approximate surface area is 71.0 Å². The van der Waals surface area contributed by atoms with Crippen LogP contribution in [-0.2, 0) is 14.3 Å². The van der Waals surface area contributed by atoms with E-state index >= 15 is 0 Å². The van der Waals surface area contributed by atoms with Crippen LogP contribution in [0.4, 0.5) is 4.79 Å². The van der Waals surface area contributed by atoms with Gasteiger partial charge in [-0.3, -0.25) is 4.79 Å². The molecule has 0 aromatic rings. The van der Waals surface area contributed by atoms with Gasteiger partial charge >= 0.3 is 12.1 Å². The summed E-state index contributed by atoms with van der Waals surface area (Å²) in [6.45, 7) is 3.02. The molecule has 0 heterocycles. The molecule has 0 aliphatic heterocycles. The third-order valence-electron chi connectivity index (χ3n) is 1.03. The molecule has 12 heavy (non-hydrogen) atoms. The van der Waals surface area contributed by atoms with Crippen LogP contribution in [-0.4, -0.2) is 31.8 Å². The summed E-state index contributed by atoms with van der Waals surface area (Å²) < 4.78 is 9.33. The number of hydrogen-bond acceptors (Lipinski definition) is 4. The topological polar surface area (TPSA) is 64.6 Å². The summed E-state index contributed by atoms with van der Waals surface area (Å²) in [5.41, 5.74) is 0. The van der Waals surface area contributed by atoms with Crippen molar-refractivity contribution >= 4 is 12.1 Å². The van der Waals surface area contributed by atoms with E-state index in [1.165, 1.54) is 14.0 Å². The van der Waals surface area contributed by atoms with Gasteiger partial charge in [0.1, 0.15) is 12.7 Å². The fraction of sp³-hybridized carbons (Fsp3) is 0.714. The van der Waals surface area contributed by atoms with E-state index in [2.05, 4.69) is 10.1 Å². The van der Waals surface area contributed by atoms with Crippen molar-refractivity contribution in [3.8, 4) is 0 Å². The van der Waals surface area contributed by atoms with E-state index < -0.39 is 12.2 Å². The molecule has 0 aliphatic rings. The lowest BCUT2D eigenvalue weighted by Crippen LogP contribution is -2.27. The van der Waals surface area contributed by atoms with Crippen molar-refractivity contribution in [2.45, 2.75) is 20.0 Å². The molecule has 0 fully saturated rings. The third kappa shape index (κ3) is 5.52. The van der Waals surface area contributed by atoms with Crippen molar-refractivity contribution in [3.63, 3.8) is 0 Å². The maximum absolute atomic E-state index is 10.6. The zero-order chi connectivity index (χ0) is 9.56. The maximum atomic E-state index is 10.6. The van der Waals surface area contributed by atoms with Crippen LogP contribution in [0.1, 0.15) is 13.8 Å². The summed E-state index contributed by atoms with van der Waals surface area (Å²) in [6, 6.07) is 0. The normalized spacial score (nSPS) is 11.6. The zero-order valence-corrected chi connectivity index (χ0v) is 7.42. The average molecular weight is 175 g/mol. The highest BCUT2D eigenvalue weighted by Crippen LogP contribution is 1.92. The summed E-state index contributed by atoms with van der Waals surface area (Å²) in [5.74, 6) is -0.387. The summed E-state index contributed by atoms with van der Waals surface area (Å²) in [4.78, 5) is 20.9.